The van der Waals surface area contributed by atoms with E-state index in [1.165, 1.54) is 0 Å². The fourth-order valence-electron chi connectivity index (χ4n) is 1.64. The molecule has 0 aromatic heterocycles. The number of hydrogen-bond donors (Lipinski definition) is 2. The van der Waals surface area contributed by atoms with Gasteiger partial charge in [0.05, 0.1) is 17.7 Å². The van der Waals surface area contributed by atoms with E-state index >= 15 is 0 Å². The number of nitrogens with zero attached hydrogens (tertiary/aromatic N) is 1. The molecule has 2 N–H and O–H groups in total. The van der Waals surface area contributed by atoms with Gasteiger partial charge < -0.3 is 15.3 Å². The zero-order chi connectivity index (χ0) is 18.7. The summed E-state index contributed by atoms with van der Waals surface area (Å²) in [6.07, 6.45) is -10.1. The van der Waals surface area contributed by atoms with Gasteiger partial charge in [-0.1, -0.05) is 0 Å². The van der Waals surface area contributed by atoms with Gasteiger partial charge in [-0.05, 0) is 18.2 Å². The number of amides is 2. The Morgan fingerprint density at radius 2 is 1.50 bits per heavy atom. The van der Waals surface area contributed by atoms with E-state index in [-0.39, 0.29) is 24.7 Å². The first kappa shape index (κ1) is 19.7. The molecule has 0 aliphatic rings. The standard InChI is InChI=1S/C13H12F6N2O3/c1-21(2-3-22)11(24)10(23)20-9-5-7(12(14,15)16)4-8(6-9)13(17,18)19/h4-6,22H,2-3H2,1H3,(H,20,23). The predicted molar refractivity (Wildman–Crippen MR) is 69.8 cm³/mol. The number of anilines is 1. The van der Waals surface area contributed by atoms with Gasteiger partial charge in [-0.15, -0.1) is 0 Å². The first-order valence-corrected chi connectivity index (χ1v) is 6.33. The zero-order valence-electron chi connectivity index (χ0n) is 12.1. The Balaban J connectivity index is 3.15. The van der Waals surface area contributed by atoms with Gasteiger partial charge >= 0.3 is 24.2 Å². The van der Waals surface area contributed by atoms with Crippen LogP contribution in [0.1, 0.15) is 11.1 Å². The van der Waals surface area contributed by atoms with Gasteiger partial charge in [0.25, 0.3) is 0 Å². The normalized spacial score (nSPS) is 12.0. The molecule has 11 heteroatoms. The molecule has 1 rings (SSSR count). The molecule has 24 heavy (non-hydrogen) atoms. The van der Waals surface area contributed by atoms with Crippen molar-refractivity contribution >= 4 is 17.5 Å². The lowest BCUT2D eigenvalue weighted by Crippen LogP contribution is -2.38. The summed E-state index contributed by atoms with van der Waals surface area (Å²) in [5.74, 6) is -2.66. The van der Waals surface area contributed by atoms with Crippen LogP contribution < -0.4 is 5.32 Å². The van der Waals surface area contributed by atoms with Crippen LogP contribution in [0.25, 0.3) is 0 Å². The first-order chi connectivity index (χ1) is 10.9. The molecular weight excluding hydrogens is 346 g/mol. The summed E-state index contributed by atoms with van der Waals surface area (Å²) in [6.45, 7) is -0.708. The van der Waals surface area contributed by atoms with E-state index in [0.29, 0.717) is 0 Å². The summed E-state index contributed by atoms with van der Waals surface area (Å²) in [5.41, 5.74) is -4.07. The number of carbonyl (C=O) groups is 2. The van der Waals surface area contributed by atoms with E-state index in [9.17, 15) is 35.9 Å². The molecule has 0 unspecified atom stereocenters. The molecule has 1 aromatic rings. The second-order valence-corrected chi connectivity index (χ2v) is 4.70. The average molecular weight is 358 g/mol. The molecule has 0 fully saturated rings. The summed E-state index contributed by atoms with van der Waals surface area (Å²) in [6, 6.07) is 0.467. The smallest absolute Gasteiger partial charge is 0.395 e. The van der Waals surface area contributed by atoms with Crippen LogP contribution in [0.4, 0.5) is 32.0 Å². The summed E-state index contributed by atoms with van der Waals surface area (Å²) in [4.78, 5) is 23.9. The second-order valence-electron chi connectivity index (χ2n) is 4.70. The van der Waals surface area contributed by atoms with E-state index in [1.807, 2.05) is 0 Å². The summed E-state index contributed by atoms with van der Waals surface area (Å²) < 4.78 is 76.1. The Bertz CT molecular complexity index is 595. The van der Waals surface area contributed by atoms with Crippen LogP contribution in [0.2, 0.25) is 0 Å². The van der Waals surface area contributed by atoms with Crippen LogP contribution in [-0.2, 0) is 21.9 Å². The number of alkyl halides is 6. The van der Waals surface area contributed by atoms with Gasteiger partial charge in [-0.2, -0.15) is 26.3 Å². The van der Waals surface area contributed by atoms with Crippen molar-refractivity contribution in [2.24, 2.45) is 0 Å². The van der Waals surface area contributed by atoms with E-state index in [1.54, 1.807) is 5.32 Å². The van der Waals surface area contributed by atoms with Crippen LogP contribution in [-0.4, -0.2) is 42.0 Å². The van der Waals surface area contributed by atoms with Gasteiger partial charge in [0.1, 0.15) is 0 Å². The van der Waals surface area contributed by atoms with Crippen molar-refractivity contribution in [2.45, 2.75) is 12.4 Å². The van der Waals surface area contributed by atoms with Crippen LogP contribution in [0, 0.1) is 0 Å². The number of nitrogens with one attached hydrogen (secondary N) is 1. The minimum absolute atomic E-state index is 0.102. The highest BCUT2D eigenvalue weighted by atomic mass is 19.4. The SMILES string of the molecule is CN(CCO)C(=O)C(=O)Nc1cc(C(F)(F)F)cc(C(F)(F)F)c1. The Morgan fingerprint density at radius 3 is 1.88 bits per heavy atom. The molecule has 0 saturated heterocycles. The second kappa shape index (κ2) is 7.07. The van der Waals surface area contributed by atoms with Crippen molar-refractivity contribution in [3.8, 4) is 0 Å². The van der Waals surface area contributed by atoms with Crippen molar-refractivity contribution in [3.63, 3.8) is 0 Å². The highest BCUT2D eigenvalue weighted by Crippen LogP contribution is 2.37. The van der Waals surface area contributed by atoms with Crippen LogP contribution in [0.15, 0.2) is 18.2 Å². The van der Waals surface area contributed by atoms with Gasteiger partial charge in [-0.25, -0.2) is 0 Å². The number of hydrogen-bond acceptors (Lipinski definition) is 3. The quantitative estimate of drug-likeness (QED) is 0.642. The van der Waals surface area contributed by atoms with Crippen molar-refractivity contribution in [2.75, 3.05) is 25.5 Å². The lowest BCUT2D eigenvalue weighted by molar-refractivity contribution is -0.143. The van der Waals surface area contributed by atoms with E-state index in [2.05, 4.69) is 0 Å². The van der Waals surface area contributed by atoms with Crippen molar-refractivity contribution in [1.82, 2.24) is 4.90 Å². The molecule has 0 aliphatic heterocycles. The molecule has 0 bridgehead atoms. The third kappa shape index (κ3) is 5.11. The Kier molecular flexibility index (Phi) is 5.82. The Hall–Kier alpha value is -2.30. The molecule has 0 heterocycles. The molecule has 1 aromatic carbocycles. The fraction of sp³-hybridized carbons (Fsp3) is 0.385. The minimum Gasteiger partial charge on any atom is -0.395 e. The van der Waals surface area contributed by atoms with Crippen molar-refractivity contribution in [3.05, 3.63) is 29.3 Å². The van der Waals surface area contributed by atoms with E-state index in [4.69, 9.17) is 5.11 Å². The molecule has 0 saturated carbocycles. The number of benzene rings is 1. The summed E-state index contributed by atoms with van der Waals surface area (Å²) in [5, 5.41) is 10.3. The average Bonchev–Trinajstić information content (AvgIpc) is 2.44. The molecule has 0 radical (unpaired) electrons. The predicted octanol–water partition coefficient (Wildman–Crippen LogP) is 2.11. The van der Waals surface area contributed by atoms with Crippen LogP contribution >= 0.6 is 0 Å². The molecule has 0 aliphatic carbocycles. The van der Waals surface area contributed by atoms with Gasteiger partial charge in [0.15, 0.2) is 0 Å². The topological polar surface area (TPSA) is 69.6 Å². The number of halogens is 6. The molecule has 0 atom stereocenters. The largest absolute Gasteiger partial charge is 0.416 e. The third-order valence-electron chi connectivity index (χ3n) is 2.82. The van der Waals surface area contributed by atoms with Crippen molar-refractivity contribution < 1.29 is 41.0 Å². The maximum atomic E-state index is 12.7. The number of aliphatic hydroxyl groups is 1. The van der Waals surface area contributed by atoms with E-state index in [0.717, 1.165) is 11.9 Å². The van der Waals surface area contributed by atoms with Crippen molar-refractivity contribution in [1.29, 1.82) is 0 Å². The number of aliphatic hydroxyl groups excluding tert-OH is 1. The highest BCUT2D eigenvalue weighted by molar-refractivity contribution is 6.39. The Morgan fingerprint density at radius 1 is 1.04 bits per heavy atom. The summed E-state index contributed by atoms with van der Waals surface area (Å²) >= 11 is 0. The maximum absolute atomic E-state index is 12.7. The van der Waals surface area contributed by atoms with Crippen LogP contribution in [0.5, 0.6) is 0 Å². The first-order valence-electron chi connectivity index (χ1n) is 6.33. The zero-order valence-corrected chi connectivity index (χ0v) is 12.1. The fourth-order valence-corrected chi connectivity index (χ4v) is 1.64. The molecule has 134 valence electrons. The highest BCUT2D eigenvalue weighted by Gasteiger charge is 2.37. The minimum atomic E-state index is -5.07. The summed E-state index contributed by atoms with van der Waals surface area (Å²) in [7, 11) is 1.13. The van der Waals surface area contributed by atoms with Gasteiger partial charge in [0.2, 0.25) is 0 Å². The molecule has 5 nitrogen and oxygen atoms in total. The van der Waals surface area contributed by atoms with Crippen LogP contribution in [0.3, 0.4) is 0 Å². The van der Waals surface area contributed by atoms with Gasteiger partial charge in [-0.3, -0.25) is 9.59 Å². The van der Waals surface area contributed by atoms with E-state index < -0.39 is 47.6 Å². The third-order valence-corrected chi connectivity index (χ3v) is 2.82. The lowest BCUT2D eigenvalue weighted by Gasteiger charge is -2.17. The monoisotopic (exact) mass is 358 g/mol. The number of carbonyl (C=O) groups excluding carboxylic acids is 2. The molecule has 2 amide bonds. The molecular formula is C13H12F6N2O3. The lowest BCUT2D eigenvalue weighted by atomic mass is 10.1. The van der Waals surface area contributed by atoms with Gasteiger partial charge in [0, 0.05) is 19.3 Å². The maximum Gasteiger partial charge on any atom is 0.416 e. The Labute approximate surface area is 131 Å². The number of likely N-dealkylation sites (N-methyl/N-ethyl adjacent to an activating group) is 1. The molecule has 0 spiro atoms. The number of rotatable bonds is 3.